The third-order valence-corrected chi connectivity index (χ3v) is 4.98. The quantitative estimate of drug-likeness (QED) is 0.602. The molecule has 0 bridgehead atoms. The molecule has 7 nitrogen and oxygen atoms in total. The molecule has 10 heteroatoms. The summed E-state index contributed by atoms with van der Waals surface area (Å²) in [4.78, 5) is 22.6. The van der Waals surface area contributed by atoms with Gasteiger partial charge in [0.2, 0.25) is 10.0 Å². The summed E-state index contributed by atoms with van der Waals surface area (Å²) in [5.41, 5.74) is 0.821. The minimum atomic E-state index is -4.23. The van der Waals surface area contributed by atoms with Crippen LogP contribution in [0.5, 0.6) is 0 Å². The highest BCUT2D eigenvalue weighted by molar-refractivity contribution is 7.89. The molecule has 0 heterocycles. The van der Waals surface area contributed by atoms with Crippen LogP contribution in [0.1, 0.15) is 5.56 Å². The standard InChI is InChI=1S/C18H18F2N2O5S/c19-14-7-5-13(6-8-14)9-10-21-17(23)12-27-18(24)11-22-28(25,26)16-4-2-1-3-15(16)20/h1-8,22H,9-12H2,(H,21,23). The summed E-state index contributed by atoms with van der Waals surface area (Å²) >= 11 is 0. The van der Waals surface area contributed by atoms with Crippen LogP contribution < -0.4 is 10.0 Å². The number of hydrogen-bond acceptors (Lipinski definition) is 5. The molecular weight excluding hydrogens is 394 g/mol. The van der Waals surface area contributed by atoms with Crippen molar-refractivity contribution in [3.05, 3.63) is 65.7 Å². The van der Waals surface area contributed by atoms with Crippen LogP contribution in [-0.2, 0) is 30.8 Å². The van der Waals surface area contributed by atoms with E-state index in [0.29, 0.717) is 6.42 Å². The third-order valence-electron chi connectivity index (χ3n) is 3.55. The molecule has 1 amide bonds. The topological polar surface area (TPSA) is 102 Å². The molecule has 28 heavy (non-hydrogen) atoms. The van der Waals surface area contributed by atoms with Crippen LogP contribution in [0, 0.1) is 11.6 Å². The zero-order chi connectivity index (χ0) is 20.6. The van der Waals surface area contributed by atoms with Gasteiger partial charge in [0.15, 0.2) is 6.61 Å². The Bertz CT molecular complexity index is 933. The van der Waals surface area contributed by atoms with Crippen LogP contribution in [0.2, 0.25) is 0 Å². The van der Waals surface area contributed by atoms with E-state index < -0.39 is 45.8 Å². The second kappa shape index (κ2) is 9.90. The molecule has 0 aliphatic heterocycles. The molecular formula is C18H18F2N2O5S. The summed E-state index contributed by atoms with van der Waals surface area (Å²) in [7, 11) is -4.23. The SMILES string of the molecule is O=C(COC(=O)CNS(=O)(=O)c1ccccc1F)NCCc1ccc(F)cc1. The molecule has 2 aromatic carbocycles. The molecule has 0 aromatic heterocycles. The molecule has 0 aliphatic rings. The van der Waals surface area contributed by atoms with Crippen LogP contribution in [0.25, 0.3) is 0 Å². The molecule has 0 saturated carbocycles. The summed E-state index contributed by atoms with van der Waals surface area (Å²) in [5.74, 6) is -2.88. The van der Waals surface area contributed by atoms with Crippen LogP contribution in [0.15, 0.2) is 53.4 Å². The van der Waals surface area contributed by atoms with Crippen LogP contribution in [0.3, 0.4) is 0 Å². The van der Waals surface area contributed by atoms with E-state index in [9.17, 15) is 26.8 Å². The molecule has 2 N–H and O–H groups in total. The van der Waals surface area contributed by atoms with E-state index in [4.69, 9.17) is 0 Å². The Morgan fingerprint density at radius 1 is 1.00 bits per heavy atom. The first-order chi connectivity index (χ1) is 13.3. The second-order valence-electron chi connectivity index (χ2n) is 5.64. The van der Waals surface area contributed by atoms with Crippen molar-refractivity contribution in [2.75, 3.05) is 19.7 Å². The number of esters is 1. The van der Waals surface area contributed by atoms with Gasteiger partial charge in [-0.25, -0.2) is 17.2 Å². The fourth-order valence-electron chi connectivity index (χ4n) is 2.14. The van der Waals surface area contributed by atoms with Crippen molar-refractivity contribution < 1.29 is 31.5 Å². The third kappa shape index (κ3) is 6.71. The van der Waals surface area contributed by atoms with Crippen molar-refractivity contribution >= 4 is 21.9 Å². The van der Waals surface area contributed by atoms with Gasteiger partial charge in [-0.15, -0.1) is 0 Å². The van der Waals surface area contributed by atoms with Crippen LogP contribution >= 0.6 is 0 Å². The molecule has 0 radical (unpaired) electrons. The van der Waals surface area contributed by atoms with E-state index in [1.54, 1.807) is 12.1 Å². The van der Waals surface area contributed by atoms with Crippen LogP contribution in [0.4, 0.5) is 8.78 Å². The normalized spacial score (nSPS) is 11.1. The van der Waals surface area contributed by atoms with Gasteiger partial charge >= 0.3 is 5.97 Å². The van der Waals surface area contributed by atoms with Crippen molar-refractivity contribution in [3.63, 3.8) is 0 Å². The minimum absolute atomic E-state index is 0.252. The lowest BCUT2D eigenvalue weighted by atomic mass is 10.1. The maximum atomic E-state index is 13.5. The van der Waals surface area contributed by atoms with Crippen LogP contribution in [-0.4, -0.2) is 40.0 Å². The minimum Gasteiger partial charge on any atom is -0.455 e. The number of hydrogen-bond donors (Lipinski definition) is 2. The molecule has 2 aromatic rings. The molecule has 0 saturated heterocycles. The summed E-state index contributed by atoms with van der Waals surface area (Å²) < 4.78 is 56.7. The molecule has 0 unspecified atom stereocenters. The smallest absolute Gasteiger partial charge is 0.321 e. The zero-order valence-electron chi connectivity index (χ0n) is 14.7. The first kappa shape index (κ1) is 21.5. The Morgan fingerprint density at radius 3 is 2.36 bits per heavy atom. The first-order valence-electron chi connectivity index (χ1n) is 8.19. The van der Waals surface area contributed by atoms with Gasteiger partial charge in [-0.05, 0) is 36.2 Å². The number of carbonyl (C=O) groups is 2. The Hall–Kier alpha value is -2.85. The molecule has 2 rings (SSSR count). The number of halogens is 2. The highest BCUT2D eigenvalue weighted by Gasteiger charge is 2.20. The fraction of sp³-hybridized carbons (Fsp3) is 0.222. The van der Waals surface area contributed by atoms with Crippen molar-refractivity contribution in [1.29, 1.82) is 0 Å². The van der Waals surface area contributed by atoms with Crippen molar-refractivity contribution in [1.82, 2.24) is 10.0 Å². The predicted molar refractivity (Wildman–Crippen MR) is 95.7 cm³/mol. The Morgan fingerprint density at radius 2 is 1.68 bits per heavy atom. The van der Waals surface area contributed by atoms with E-state index in [0.717, 1.165) is 17.7 Å². The van der Waals surface area contributed by atoms with Gasteiger partial charge in [0, 0.05) is 6.54 Å². The zero-order valence-corrected chi connectivity index (χ0v) is 15.5. The van der Waals surface area contributed by atoms with Gasteiger partial charge < -0.3 is 10.1 Å². The van der Waals surface area contributed by atoms with Gasteiger partial charge in [0.05, 0.1) is 0 Å². The van der Waals surface area contributed by atoms with Gasteiger partial charge in [-0.3, -0.25) is 9.59 Å². The monoisotopic (exact) mass is 412 g/mol. The van der Waals surface area contributed by atoms with E-state index in [1.165, 1.54) is 24.3 Å². The number of sulfonamides is 1. The Labute approximate surface area is 160 Å². The molecule has 150 valence electrons. The lowest BCUT2D eigenvalue weighted by Gasteiger charge is -2.08. The molecule has 0 atom stereocenters. The molecule has 0 spiro atoms. The van der Waals surface area contributed by atoms with E-state index in [1.807, 2.05) is 4.72 Å². The molecule has 0 fully saturated rings. The van der Waals surface area contributed by atoms with E-state index in [-0.39, 0.29) is 12.4 Å². The van der Waals surface area contributed by atoms with Gasteiger partial charge in [-0.2, -0.15) is 4.72 Å². The van der Waals surface area contributed by atoms with Crippen molar-refractivity contribution in [3.8, 4) is 0 Å². The van der Waals surface area contributed by atoms with Crippen molar-refractivity contribution in [2.24, 2.45) is 0 Å². The maximum Gasteiger partial charge on any atom is 0.321 e. The fourth-order valence-corrected chi connectivity index (χ4v) is 3.19. The summed E-state index contributed by atoms with van der Waals surface area (Å²) in [6.45, 7) is -1.09. The first-order valence-corrected chi connectivity index (χ1v) is 9.67. The number of carbonyl (C=O) groups excluding carboxylic acids is 2. The highest BCUT2D eigenvalue weighted by atomic mass is 32.2. The average Bonchev–Trinajstić information content (AvgIpc) is 2.66. The number of rotatable bonds is 9. The number of ether oxygens (including phenoxy) is 1. The summed E-state index contributed by atoms with van der Waals surface area (Å²) in [6.07, 6.45) is 0.461. The largest absolute Gasteiger partial charge is 0.455 e. The van der Waals surface area contributed by atoms with E-state index in [2.05, 4.69) is 10.1 Å². The highest BCUT2D eigenvalue weighted by Crippen LogP contribution is 2.12. The van der Waals surface area contributed by atoms with Gasteiger partial charge in [-0.1, -0.05) is 24.3 Å². The Kier molecular flexibility index (Phi) is 7.59. The number of amides is 1. The van der Waals surface area contributed by atoms with Gasteiger partial charge in [0.25, 0.3) is 5.91 Å². The van der Waals surface area contributed by atoms with Crippen molar-refractivity contribution in [2.45, 2.75) is 11.3 Å². The number of benzene rings is 2. The summed E-state index contributed by atoms with van der Waals surface area (Å²) in [6, 6.07) is 10.5. The van der Waals surface area contributed by atoms with E-state index >= 15 is 0 Å². The molecule has 0 aliphatic carbocycles. The lowest BCUT2D eigenvalue weighted by Crippen LogP contribution is -2.34. The lowest BCUT2D eigenvalue weighted by molar-refractivity contribution is -0.147. The average molecular weight is 412 g/mol. The Balaban J connectivity index is 1.69. The van der Waals surface area contributed by atoms with Gasteiger partial charge in [0.1, 0.15) is 23.1 Å². The maximum absolute atomic E-state index is 13.5. The second-order valence-corrected chi connectivity index (χ2v) is 7.38. The predicted octanol–water partition coefficient (Wildman–Crippen LogP) is 1.15. The summed E-state index contributed by atoms with van der Waals surface area (Å²) in [5, 5.41) is 2.51. The number of nitrogens with one attached hydrogen (secondary N) is 2.